The first kappa shape index (κ1) is 12.2. The zero-order valence-electron chi connectivity index (χ0n) is 10.8. The Balaban J connectivity index is 1.69. The highest BCUT2D eigenvalue weighted by atomic mass is 16.1. The van der Waals surface area contributed by atoms with Crippen molar-refractivity contribution in [2.75, 3.05) is 13.1 Å². The monoisotopic (exact) mass is 255 g/mol. The van der Waals surface area contributed by atoms with E-state index < -0.39 is 0 Å². The first-order chi connectivity index (χ1) is 9.28. The van der Waals surface area contributed by atoms with Crippen LogP contribution in [0.1, 0.15) is 35.2 Å². The predicted molar refractivity (Wildman–Crippen MR) is 71.6 cm³/mol. The van der Waals surface area contributed by atoms with Crippen LogP contribution in [-0.2, 0) is 0 Å². The smallest absolute Gasteiger partial charge is 0.251 e. The molecule has 0 aliphatic carbocycles. The van der Waals surface area contributed by atoms with Crippen LogP contribution in [0.2, 0.25) is 0 Å². The van der Waals surface area contributed by atoms with Gasteiger partial charge < -0.3 is 5.32 Å². The molecule has 2 heterocycles. The van der Waals surface area contributed by atoms with Gasteiger partial charge in [0.15, 0.2) is 0 Å². The van der Waals surface area contributed by atoms with Crippen molar-refractivity contribution in [3.63, 3.8) is 0 Å². The third-order valence-electron chi connectivity index (χ3n) is 4.18. The van der Waals surface area contributed by atoms with E-state index in [4.69, 9.17) is 5.26 Å². The molecule has 1 aromatic carbocycles. The van der Waals surface area contributed by atoms with Crippen molar-refractivity contribution in [2.24, 2.45) is 0 Å². The lowest BCUT2D eigenvalue weighted by atomic mass is 10.1. The first-order valence-electron chi connectivity index (χ1n) is 6.83. The van der Waals surface area contributed by atoms with Gasteiger partial charge in [0, 0.05) is 24.2 Å². The van der Waals surface area contributed by atoms with Gasteiger partial charge in [0.2, 0.25) is 0 Å². The standard InChI is InChI=1S/C15H17N3O/c16-10-11-3-1-4-12(9-11)15(19)17-13-6-8-18-7-2-5-14(13)18/h1,3-4,9,13-14H,2,5-8H2,(H,17,19). The fourth-order valence-corrected chi connectivity index (χ4v) is 3.23. The highest BCUT2D eigenvalue weighted by Gasteiger charge is 2.37. The van der Waals surface area contributed by atoms with Crippen LogP contribution in [0.4, 0.5) is 0 Å². The molecule has 0 bridgehead atoms. The van der Waals surface area contributed by atoms with E-state index in [0.717, 1.165) is 13.0 Å². The predicted octanol–water partition coefficient (Wildman–Crippen LogP) is 1.52. The fraction of sp³-hybridized carbons (Fsp3) is 0.467. The fourth-order valence-electron chi connectivity index (χ4n) is 3.23. The minimum absolute atomic E-state index is 0.0594. The number of nitriles is 1. The number of rotatable bonds is 2. The van der Waals surface area contributed by atoms with Gasteiger partial charge in [-0.15, -0.1) is 0 Å². The molecular formula is C15H17N3O. The average molecular weight is 255 g/mol. The average Bonchev–Trinajstić information content (AvgIpc) is 3.04. The van der Waals surface area contributed by atoms with Crippen molar-refractivity contribution in [3.05, 3.63) is 35.4 Å². The zero-order chi connectivity index (χ0) is 13.2. The highest BCUT2D eigenvalue weighted by Crippen LogP contribution is 2.28. The summed E-state index contributed by atoms with van der Waals surface area (Å²) in [6.45, 7) is 2.26. The van der Waals surface area contributed by atoms with E-state index in [-0.39, 0.29) is 11.9 Å². The second-order valence-corrected chi connectivity index (χ2v) is 5.31. The van der Waals surface area contributed by atoms with Crippen LogP contribution in [0.3, 0.4) is 0 Å². The molecule has 98 valence electrons. The lowest BCUT2D eigenvalue weighted by Gasteiger charge is -2.21. The molecule has 2 fully saturated rings. The molecule has 0 saturated carbocycles. The molecule has 0 spiro atoms. The van der Waals surface area contributed by atoms with Gasteiger partial charge in [0.1, 0.15) is 0 Å². The molecule has 3 rings (SSSR count). The van der Waals surface area contributed by atoms with Gasteiger partial charge in [0.25, 0.3) is 5.91 Å². The Morgan fingerprint density at radius 2 is 2.26 bits per heavy atom. The van der Waals surface area contributed by atoms with Crippen LogP contribution in [0, 0.1) is 11.3 Å². The molecule has 1 aromatic rings. The van der Waals surface area contributed by atoms with E-state index >= 15 is 0 Å². The summed E-state index contributed by atoms with van der Waals surface area (Å²) in [5.74, 6) is -0.0594. The van der Waals surface area contributed by atoms with Crippen molar-refractivity contribution in [3.8, 4) is 6.07 Å². The number of benzene rings is 1. The maximum absolute atomic E-state index is 12.2. The molecule has 2 aliphatic rings. The Labute approximate surface area is 113 Å². The van der Waals surface area contributed by atoms with Crippen LogP contribution in [0.25, 0.3) is 0 Å². The SMILES string of the molecule is N#Cc1cccc(C(=O)NC2CCN3CCCC23)c1. The van der Waals surface area contributed by atoms with E-state index in [1.807, 2.05) is 0 Å². The van der Waals surface area contributed by atoms with Crippen LogP contribution in [-0.4, -0.2) is 36.0 Å². The van der Waals surface area contributed by atoms with Crippen molar-refractivity contribution in [2.45, 2.75) is 31.3 Å². The number of carbonyl (C=O) groups is 1. The number of fused-ring (bicyclic) bond motifs is 1. The van der Waals surface area contributed by atoms with Crippen LogP contribution >= 0.6 is 0 Å². The molecule has 0 aromatic heterocycles. The number of nitrogens with one attached hydrogen (secondary N) is 1. The van der Waals surface area contributed by atoms with Gasteiger partial charge in [-0.2, -0.15) is 5.26 Å². The van der Waals surface area contributed by atoms with Gasteiger partial charge >= 0.3 is 0 Å². The second-order valence-electron chi connectivity index (χ2n) is 5.31. The summed E-state index contributed by atoms with van der Waals surface area (Å²) in [5.41, 5.74) is 1.11. The zero-order valence-corrected chi connectivity index (χ0v) is 10.8. The molecule has 2 aliphatic heterocycles. The quantitative estimate of drug-likeness (QED) is 0.871. The second kappa shape index (κ2) is 5.02. The lowest BCUT2D eigenvalue weighted by molar-refractivity contribution is 0.0929. The number of carbonyl (C=O) groups excluding carboxylic acids is 1. The molecule has 2 unspecified atom stereocenters. The first-order valence-corrected chi connectivity index (χ1v) is 6.83. The van der Waals surface area contributed by atoms with Crippen LogP contribution in [0.5, 0.6) is 0 Å². The number of hydrogen-bond donors (Lipinski definition) is 1. The van der Waals surface area contributed by atoms with E-state index in [2.05, 4.69) is 16.3 Å². The van der Waals surface area contributed by atoms with Crippen LogP contribution in [0.15, 0.2) is 24.3 Å². The number of amides is 1. The summed E-state index contributed by atoms with van der Waals surface area (Å²) in [6.07, 6.45) is 3.46. The molecule has 19 heavy (non-hydrogen) atoms. The summed E-state index contributed by atoms with van der Waals surface area (Å²) in [7, 11) is 0. The molecule has 1 amide bonds. The van der Waals surface area contributed by atoms with E-state index in [1.165, 1.54) is 19.4 Å². The minimum Gasteiger partial charge on any atom is -0.348 e. The van der Waals surface area contributed by atoms with Crippen molar-refractivity contribution < 1.29 is 4.79 Å². The van der Waals surface area contributed by atoms with Gasteiger partial charge in [-0.05, 0) is 44.0 Å². The third-order valence-corrected chi connectivity index (χ3v) is 4.18. The van der Waals surface area contributed by atoms with Crippen molar-refractivity contribution in [1.29, 1.82) is 5.26 Å². The van der Waals surface area contributed by atoms with Crippen molar-refractivity contribution in [1.82, 2.24) is 10.2 Å². The van der Waals surface area contributed by atoms with Gasteiger partial charge in [-0.1, -0.05) is 6.07 Å². The molecule has 2 atom stereocenters. The third kappa shape index (κ3) is 2.34. The van der Waals surface area contributed by atoms with E-state index in [0.29, 0.717) is 17.2 Å². The molecular weight excluding hydrogens is 238 g/mol. The number of nitrogens with zero attached hydrogens (tertiary/aromatic N) is 2. The lowest BCUT2D eigenvalue weighted by Crippen LogP contribution is -2.42. The largest absolute Gasteiger partial charge is 0.348 e. The molecule has 1 N–H and O–H groups in total. The minimum atomic E-state index is -0.0594. The van der Waals surface area contributed by atoms with Gasteiger partial charge in [-0.3, -0.25) is 9.69 Å². The Hall–Kier alpha value is -1.86. The summed E-state index contributed by atoms with van der Waals surface area (Å²) in [4.78, 5) is 14.7. The Kier molecular flexibility index (Phi) is 3.22. The molecule has 2 saturated heterocycles. The maximum atomic E-state index is 12.2. The molecule has 0 radical (unpaired) electrons. The maximum Gasteiger partial charge on any atom is 0.251 e. The highest BCUT2D eigenvalue weighted by molar-refractivity contribution is 5.94. The Morgan fingerprint density at radius 3 is 3.11 bits per heavy atom. The van der Waals surface area contributed by atoms with Crippen molar-refractivity contribution >= 4 is 5.91 Å². The molecule has 4 nitrogen and oxygen atoms in total. The van der Waals surface area contributed by atoms with Gasteiger partial charge in [-0.25, -0.2) is 0 Å². The normalized spacial score (nSPS) is 25.8. The van der Waals surface area contributed by atoms with Crippen LogP contribution < -0.4 is 5.32 Å². The number of hydrogen-bond acceptors (Lipinski definition) is 3. The van der Waals surface area contributed by atoms with E-state index in [1.54, 1.807) is 24.3 Å². The summed E-state index contributed by atoms with van der Waals surface area (Å²) in [6, 6.07) is 9.72. The summed E-state index contributed by atoms with van der Waals surface area (Å²) in [5, 5.41) is 12.0. The van der Waals surface area contributed by atoms with E-state index in [9.17, 15) is 4.79 Å². The topological polar surface area (TPSA) is 56.1 Å². The summed E-state index contributed by atoms with van der Waals surface area (Å²) < 4.78 is 0. The Bertz CT molecular complexity index is 534. The Morgan fingerprint density at radius 1 is 1.37 bits per heavy atom. The summed E-state index contributed by atoms with van der Waals surface area (Å²) >= 11 is 0. The van der Waals surface area contributed by atoms with Gasteiger partial charge in [0.05, 0.1) is 11.6 Å². The molecule has 4 heteroatoms.